The summed E-state index contributed by atoms with van der Waals surface area (Å²) in [5.74, 6) is -0.541. The number of amidine groups is 1. The summed E-state index contributed by atoms with van der Waals surface area (Å²) >= 11 is 0. The molecule has 4 N–H and O–H groups in total. The average molecular weight is 369 g/mol. The van der Waals surface area contributed by atoms with Crippen LogP contribution < -0.4 is 11.1 Å². The lowest BCUT2D eigenvalue weighted by atomic mass is 10.1. The first-order valence-corrected chi connectivity index (χ1v) is 8.63. The van der Waals surface area contributed by atoms with Crippen LogP contribution in [-0.2, 0) is 22.5 Å². The van der Waals surface area contributed by atoms with Crippen LogP contribution in [0.3, 0.4) is 0 Å². The van der Waals surface area contributed by atoms with Gasteiger partial charge in [-0.05, 0) is 36.6 Å². The molecule has 0 saturated carbocycles. The Bertz CT molecular complexity index is 833. The zero-order chi connectivity index (χ0) is 19.6. The molecule has 0 saturated heterocycles. The highest BCUT2D eigenvalue weighted by Gasteiger charge is 2.09. The molecule has 7 heteroatoms. The van der Waals surface area contributed by atoms with E-state index in [1.165, 1.54) is 0 Å². The predicted octanol–water partition coefficient (Wildman–Crippen LogP) is 2.21. The van der Waals surface area contributed by atoms with Gasteiger partial charge in [-0.3, -0.25) is 9.59 Å². The fourth-order valence-electron chi connectivity index (χ4n) is 2.54. The maximum Gasteiger partial charge on any atom is 0.306 e. The molecular weight excluding hydrogens is 346 g/mol. The molecule has 0 atom stereocenters. The van der Waals surface area contributed by atoms with Crippen molar-refractivity contribution in [2.75, 3.05) is 6.61 Å². The van der Waals surface area contributed by atoms with Crippen LogP contribution in [0.1, 0.15) is 40.4 Å². The standard InChI is InChI=1S/C20H23N3O4/c1-2-27-18(24)10-9-14-5-3-6-15(11-14)13-22-20(25)17-8-4-7-16(12-17)19(21)23-26/h3-8,11-12,26H,2,9-10,13H2,1H3,(H2,21,23)(H,22,25). The molecular formula is C20H23N3O4. The van der Waals surface area contributed by atoms with Crippen molar-refractivity contribution < 1.29 is 19.5 Å². The molecule has 2 aromatic rings. The number of ether oxygens (including phenoxy) is 1. The number of esters is 1. The van der Waals surface area contributed by atoms with Gasteiger partial charge in [-0.2, -0.15) is 0 Å². The van der Waals surface area contributed by atoms with Crippen LogP contribution in [0.25, 0.3) is 0 Å². The number of nitrogens with zero attached hydrogens (tertiary/aromatic N) is 1. The van der Waals surface area contributed by atoms with Crippen LogP contribution >= 0.6 is 0 Å². The van der Waals surface area contributed by atoms with Crippen molar-refractivity contribution in [1.29, 1.82) is 0 Å². The van der Waals surface area contributed by atoms with Crippen LogP contribution in [0.5, 0.6) is 0 Å². The second-order valence-corrected chi connectivity index (χ2v) is 5.87. The molecule has 0 fully saturated rings. The van der Waals surface area contributed by atoms with Crippen molar-refractivity contribution in [2.24, 2.45) is 10.9 Å². The number of benzene rings is 2. The third-order valence-electron chi connectivity index (χ3n) is 3.90. The van der Waals surface area contributed by atoms with Crippen molar-refractivity contribution in [1.82, 2.24) is 5.32 Å². The summed E-state index contributed by atoms with van der Waals surface area (Å²) in [4.78, 5) is 23.8. The lowest BCUT2D eigenvalue weighted by molar-refractivity contribution is -0.143. The molecule has 0 bridgehead atoms. The number of hydrogen-bond donors (Lipinski definition) is 3. The van der Waals surface area contributed by atoms with E-state index in [4.69, 9.17) is 15.7 Å². The molecule has 0 aliphatic heterocycles. The highest BCUT2D eigenvalue weighted by Crippen LogP contribution is 2.10. The number of nitrogens with one attached hydrogen (secondary N) is 1. The van der Waals surface area contributed by atoms with Crippen molar-refractivity contribution in [2.45, 2.75) is 26.3 Å². The Labute approximate surface area is 157 Å². The predicted molar refractivity (Wildman–Crippen MR) is 102 cm³/mol. The fraction of sp³-hybridized carbons (Fsp3) is 0.250. The number of oxime groups is 1. The van der Waals surface area contributed by atoms with Gasteiger partial charge in [0.05, 0.1) is 6.61 Å². The van der Waals surface area contributed by atoms with E-state index in [1.54, 1.807) is 31.2 Å². The molecule has 7 nitrogen and oxygen atoms in total. The van der Waals surface area contributed by atoms with Gasteiger partial charge in [0.25, 0.3) is 5.91 Å². The zero-order valence-corrected chi connectivity index (χ0v) is 15.1. The van der Waals surface area contributed by atoms with Gasteiger partial charge in [0.2, 0.25) is 0 Å². The highest BCUT2D eigenvalue weighted by atomic mass is 16.5. The minimum absolute atomic E-state index is 0.0565. The van der Waals surface area contributed by atoms with Crippen LogP contribution in [0.15, 0.2) is 53.7 Å². The van der Waals surface area contributed by atoms with E-state index in [0.717, 1.165) is 11.1 Å². The molecule has 2 aromatic carbocycles. The van der Waals surface area contributed by atoms with Gasteiger partial charge < -0.3 is 21.0 Å². The fourth-order valence-corrected chi connectivity index (χ4v) is 2.54. The minimum Gasteiger partial charge on any atom is -0.466 e. The van der Waals surface area contributed by atoms with Gasteiger partial charge in [0.1, 0.15) is 0 Å². The number of carbonyl (C=O) groups is 2. The summed E-state index contributed by atoms with van der Waals surface area (Å²) in [6.45, 7) is 2.50. The Morgan fingerprint density at radius 1 is 1.11 bits per heavy atom. The molecule has 0 heterocycles. The Balaban J connectivity index is 1.95. The third-order valence-corrected chi connectivity index (χ3v) is 3.90. The first-order valence-electron chi connectivity index (χ1n) is 8.63. The van der Waals surface area contributed by atoms with Crippen molar-refractivity contribution in [3.05, 3.63) is 70.8 Å². The minimum atomic E-state index is -0.264. The molecule has 0 aliphatic carbocycles. The van der Waals surface area contributed by atoms with E-state index in [1.807, 2.05) is 24.3 Å². The lowest BCUT2D eigenvalue weighted by Gasteiger charge is -2.08. The maximum atomic E-state index is 12.3. The SMILES string of the molecule is CCOC(=O)CCc1cccc(CNC(=O)c2cccc(C(N)=NO)c2)c1. The summed E-state index contributed by atoms with van der Waals surface area (Å²) in [7, 11) is 0. The number of nitrogens with two attached hydrogens (primary N) is 1. The van der Waals surface area contributed by atoms with Crippen molar-refractivity contribution in [3.8, 4) is 0 Å². The van der Waals surface area contributed by atoms with Crippen LogP contribution in [-0.4, -0.2) is 29.5 Å². The third kappa shape index (κ3) is 6.14. The van der Waals surface area contributed by atoms with Gasteiger partial charge in [0, 0.05) is 24.1 Å². The Kier molecular flexibility index (Phi) is 7.37. The second kappa shape index (κ2) is 9.96. The van der Waals surface area contributed by atoms with Crippen LogP contribution in [0.2, 0.25) is 0 Å². The summed E-state index contributed by atoms with van der Waals surface area (Å²) in [6, 6.07) is 14.2. The summed E-state index contributed by atoms with van der Waals surface area (Å²) in [5, 5.41) is 14.5. The molecule has 0 radical (unpaired) electrons. The number of hydrogen-bond acceptors (Lipinski definition) is 5. The highest BCUT2D eigenvalue weighted by molar-refractivity contribution is 6.01. The quantitative estimate of drug-likeness (QED) is 0.217. The van der Waals surface area contributed by atoms with E-state index >= 15 is 0 Å². The first kappa shape index (κ1) is 20.0. The molecule has 0 unspecified atom stereocenters. The van der Waals surface area contributed by atoms with Crippen molar-refractivity contribution >= 4 is 17.7 Å². The maximum absolute atomic E-state index is 12.3. The normalized spacial score (nSPS) is 11.1. The molecule has 142 valence electrons. The molecule has 27 heavy (non-hydrogen) atoms. The molecule has 0 spiro atoms. The number of amides is 1. The molecule has 1 amide bonds. The lowest BCUT2D eigenvalue weighted by Crippen LogP contribution is -2.23. The molecule has 0 aromatic heterocycles. The van der Waals surface area contributed by atoms with Gasteiger partial charge in [-0.15, -0.1) is 0 Å². The average Bonchev–Trinajstić information content (AvgIpc) is 2.70. The molecule has 0 aliphatic rings. The Morgan fingerprint density at radius 3 is 2.56 bits per heavy atom. The monoisotopic (exact) mass is 369 g/mol. The number of rotatable bonds is 8. The van der Waals surface area contributed by atoms with E-state index < -0.39 is 0 Å². The van der Waals surface area contributed by atoms with E-state index in [0.29, 0.717) is 37.1 Å². The Hall–Kier alpha value is -3.35. The molecule has 2 rings (SSSR count). The van der Waals surface area contributed by atoms with Crippen LogP contribution in [0.4, 0.5) is 0 Å². The van der Waals surface area contributed by atoms with Crippen LogP contribution in [0, 0.1) is 0 Å². The van der Waals surface area contributed by atoms with E-state index in [2.05, 4.69) is 10.5 Å². The van der Waals surface area contributed by atoms with Gasteiger partial charge in [0.15, 0.2) is 5.84 Å². The second-order valence-electron chi connectivity index (χ2n) is 5.87. The van der Waals surface area contributed by atoms with E-state index in [9.17, 15) is 9.59 Å². The van der Waals surface area contributed by atoms with Gasteiger partial charge in [-0.1, -0.05) is 41.6 Å². The van der Waals surface area contributed by atoms with Gasteiger partial charge >= 0.3 is 5.97 Å². The summed E-state index contributed by atoms with van der Waals surface area (Å²) in [6.07, 6.45) is 0.909. The summed E-state index contributed by atoms with van der Waals surface area (Å²) in [5.41, 5.74) is 8.36. The Morgan fingerprint density at radius 2 is 1.81 bits per heavy atom. The smallest absolute Gasteiger partial charge is 0.306 e. The van der Waals surface area contributed by atoms with Gasteiger partial charge in [-0.25, -0.2) is 0 Å². The number of aryl methyl sites for hydroxylation is 1. The topological polar surface area (TPSA) is 114 Å². The number of carbonyl (C=O) groups excluding carboxylic acids is 2. The zero-order valence-electron chi connectivity index (χ0n) is 15.1. The van der Waals surface area contributed by atoms with Crippen molar-refractivity contribution in [3.63, 3.8) is 0 Å². The first-order chi connectivity index (χ1) is 13.0. The summed E-state index contributed by atoms with van der Waals surface area (Å²) < 4.78 is 4.93. The largest absolute Gasteiger partial charge is 0.466 e. The van der Waals surface area contributed by atoms with E-state index in [-0.39, 0.29) is 17.7 Å².